The maximum absolute atomic E-state index is 14.4. The van der Waals surface area contributed by atoms with Crippen LogP contribution in [0.5, 0.6) is 0 Å². The van der Waals surface area contributed by atoms with E-state index in [1.807, 2.05) is 0 Å². The van der Waals surface area contributed by atoms with Gasteiger partial charge in [0.05, 0.1) is 0 Å². The average Bonchev–Trinajstić information content (AvgIpc) is 3.28. The van der Waals surface area contributed by atoms with Crippen LogP contribution in [0.4, 0.5) is 0 Å². The van der Waals surface area contributed by atoms with Gasteiger partial charge >= 0.3 is 105 Å². The minimum atomic E-state index is -3.14. The molecule has 10 aliphatic rings. The molecule has 0 N–H and O–H groups in total. The summed E-state index contributed by atoms with van der Waals surface area (Å²) in [5.41, 5.74) is 0.986. The summed E-state index contributed by atoms with van der Waals surface area (Å²) in [5.74, 6) is 0. The van der Waals surface area contributed by atoms with E-state index in [1.54, 1.807) is 0 Å². The third kappa shape index (κ3) is 0.0955. The normalized spacial score (nSPS) is 109. The second kappa shape index (κ2) is 0.717. The van der Waals surface area contributed by atoms with Crippen molar-refractivity contribution >= 4 is 7.14 Å². The van der Waals surface area contributed by atoms with Crippen LogP contribution in [0, 0.1) is 0 Å². The number of rotatable bonds is 3. The van der Waals surface area contributed by atoms with Gasteiger partial charge in [0.25, 0.3) is 0 Å². The summed E-state index contributed by atoms with van der Waals surface area (Å²) in [4.78, 5) is 11.8. The molecule has 1 spiro atoms. The molecule has 4 unspecified atom stereocenters. The molecule has 3 heteroatoms. The molecule has 4 atom stereocenters. The Morgan fingerprint density at radius 2 is 1.16 bits per heavy atom. The Labute approximate surface area is 104 Å². The van der Waals surface area contributed by atoms with Crippen LogP contribution in [0.3, 0.4) is 0 Å². The molecule has 0 saturated carbocycles. The molecule has 10 fully saturated rings. The van der Waals surface area contributed by atoms with E-state index in [1.165, 1.54) is 43.3 Å². The van der Waals surface area contributed by atoms with Gasteiger partial charge in [-0.1, -0.05) is 0 Å². The predicted molar refractivity (Wildman–Crippen MR) is 74.4 cm³/mol. The van der Waals surface area contributed by atoms with Gasteiger partial charge in [-0.25, -0.2) is 0 Å². The van der Waals surface area contributed by atoms with Crippen molar-refractivity contribution in [1.29, 1.82) is 0 Å². The molecule has 10 rings (SSSR count). The van der Waals surface area contributed by atoms with Gasteiger partial charge in [-0.2, -0.15) is 0 Å². The first-order chi connectivity index (χ1) is 8.68. The molecule has 106 valence electrons. The fraction of sp³-hybridized carbons (Fsp3) is 1.00. The van der Waals surface area contributed by atoms with Crippen LogP contribution in [-0.2, 0) is 11.1 Å². The first kappa shape index (κ1) is 8.40. The van der Waals surface area contributed by atoms with Crippen molar-refractivity contribution in [3.05, 3.63) is 0 Å². The molecule has 19 heavy (non-hydrogen) atoms. The summed E-state index contributed by atoms with van der Waals surface area (Å²) in [6.45, 7) is 6.17. The van der Waals surface area contributed by atoms with E-state index in [4.69, 9.17) is 0 Å². The molecule has 10 aliphatic heterocycles. The number of hydrogen-bond donors (Lipinski definition) is 0. The first-order valence-corrected chi connectivity index (χ1v) is 16.6. The Hall–Kier alpha value is 0.749. The zero-order chi connectivity index (χ0) is 12.7. The van der Waals surface area contributed by atoms with Gasteiger partial charge < -0.3 is 0 Å². The molecule has 0 aromatic heterocycles. The third-order valence-electron chi connectivity index (χ3n) is 16.7. The van der Waals surface area contributed by atoms with E-state index in [0.717, 1.165) is 0 Å². The third-order valence-corrected chi connectivity index (χ3v) is 68.2. The molecular formula is C16H23FeOP. The van der Waals surface area contributed by atoms with Crippen LogP contribution in [0.2, 0.25) is 43.3 Å². The maximum atomic E-state index is 14.4. The van der Waals surface area contributed by atoms with Crippen molar-refractivity contribution in [2.24, 2.45) is 0 Å². The standard InChI is InChI=1S/C11H18OP.C5H5.Fe/c1-9(2)13(12,10(3)4)11-7-5-6-8-11;1-2-4-5-3-1;/h5-10H,1-4H3;1-5H;. The molecular weight excluding hydrogens is 295 g/mol. The average molecular weight is 318 g/mol. The fourth-order valence-corrected chi connectivity index (χ4v) is 112. The minimum absolute atomic E-state index is 0.493. The van der Waals surface area contributed by atoms with E-state index < -0.39 is 13.7 Å². The Balaban J connectivity index is 1.56. The molecule has 10 saturated heterocycles. The zero-order valence-electron chi connectivity index (χ0n) is 12.1. The van der Waals surface area contributed by atoms with Crippen molar-refractivity contribution in [1.82, 2.24) is 0 Å². The van der Waals surface area contributed by atoms with Crippen LogP contribution in [0.15, 0.2) is 0 Å². The molecule has 0 aromatic carbocycles. The molecule has 1 nitrogen and oxygen atoms in total. The molecule has 0 aliphatic carbocycles. The predicted octanol–water partition coefficient (Wildman–Crippen LogP) is 5.46. The Kier molecular flexibility index (Phi) is 0.317. The first-order valence-electron chi connectivity index (χ1n) is 8.49. The second-order valence-electron chi connectivity index (χ2n) is 12.5. The summed E-state index contributed by atoms with van der Waals surface area (Å²) in [6, 6.07) is 0. The van der Waals surface area contributed by atoms with E-state index in [-0.39, 0.29) is 0 Å². The summed E-state index contributed by atoms with van der Waals surface area (Å²) in [6.07, 6.45) is 0. The fourth-order valence-electron chi connectivity index (χ4n) is 18.4. The topological polar surface area (TPSA) is 17.1 Å². The van der Waals surface area contributed by atoms with Crippen molar-refractivity contribution < 1.29 is 11.1 Å². The van der Waals surface area contributed by atoms with Crippen LogP contribution in [-0.4, -0.2) is 15.4 Å². The van der Waals surface area contributed by atoms with Gasteiger partial charge in [-0.3, -0.25) is 0 Å². The molecule has 0 bridgehead atoms. The zero-order valence-corrected chi connectivity index (χ0v) is 14.1. The van der Waals surface area contributed by atoms with Gasteiger partial charge in [0, 0.05) is 0 Å². The SMILES string of the molecule is CC(C)P(=O)(C(C)C)[C]12[CH]3[CH]4[CH]5[CH]1[Fe]45321678[CH]2[CH]1[CH]6[CH]7[CH]28. The molecule has 0 radical (unpaired) electrons. The van der Waals surface area contributed by atoms with E-state index in [9.17, 15) is 4.57 Å². The Morgan fingerprint density at radius 3 is 1.32 bits per heavy atom. The summed E-state index contributed by atoms with van der Waals surface area (Å²) in [7, 11) is -1.94. The summed E-state index contributed by atoms with van der Waals surface area (Å²) in [5, 5.41) is 0. The van der Waals surface area contributed by atoms with Crippen molar-refractivity contribution in [3.8, 4) is 0 Å². The Morgan fingerprint density at radius 1 is 0.789 bits per heavy atom. The quantitative estimate of drug-likeness (QED) is 0.498. The van der Waals surface area contributed by atoms with E-state index in [2.05, 4.69) is 27.7 Å². The van der Waals surface area contributed by atoms with Crippen LogP contribution < -0.4 is 0 Å². The second-order valence-corrected chi connectivity index (χ2v) is 40.7. The van der Waals surface area contributed by atoms with Gasteiger partial charge in [0.15, 0.2) is 0 Å². The Bertz CT molecular complexity index is 991. The van der Waals surface area contributed by atoms with Crippen molar-refractivity contribution in [3.63, 3.8) is 0 Å². The monoisotopic (exact) mass is 318 g/mol. The van der Waals surface area contributed by atoms with Crippen molar-refractivity contribution in [2.45, 2.75) is 86.4 Å². The van der Waals surface area contributed by atoms with Crippen LogP contribution in [0.25, 0.3) is 0 Å². The van der Waals surface area contributed by atoms with Gasteiger partial charge in [-0.15, -0.1) is 0 Å². The van der Waals surface area contributed by atoms with Gasteiger partial charge in [0.1, 0.15) is 0 Å². The van der Waals surface area contributed by atoms with Gasteiger partial charge in [0.2, 0.25) is 0 Å². The molecule has 0 amide bonds. The molecule has 10 heterocycles. The van der Waals surface area contributed by atoms with E-state index >= 15 is 0 Å². The van der Waals surface area contributed by atoms with Crippen LogP contribution >= 0.6 is 7.14 Å². The number of fused-ring (bicyclic) bond motifs is 10. The van der Waals surface area contributed by atoms with Crippen LogP contribution in [0.1, 0.15) is 27.7 Å². The summed E-state index contributed by atoms with van der Waals surface area (Å²) < 4.78 is 15.1. The van der Waals surface area contributed by atoms with Gasteiger partial charge in [-0.05, 0) is 0 Å². The molecule has 0 aromatic rings. The van der Waals surface area contributed by atoms with Crippen molar-refractivity contribution in [2.75, 3.05) is 0 Å². The number of hydrogen-bond acceptors (Lipinski definition) is 1. The summed E-state index contributed by atoms with van der Waals surface area (Å²) >= 11 is 0. The van der Waals surface area contributed by atoms with E-state index in [0.29, 0.717) is 15.4 Å².